The maximum atomic E-state index is 5.26. The van der Waals surface area contributed by atoms with Crippen molar-refractivity contribution >= 4 is 5.69 Å². The first kappa shape index (κ1) is 12.2. The summed E-state index contributed by atoms with van der Waals surface area (Å²) >= 11 is 0. The molecule has 0 bridgehead atoms. The average Bonchev–Trinajstić information content (AvgIpc) is 2.40. The molecule has 1 aliphatic rings. The van der Waals surface area contributed by atoms with Gasteiger partial charge in [-0.05, 0) is 18.6 Å². The average molecular weight is 233 g/mol. The summed E-state index contributed by atoms with van der Waals surface area (Å²) in [4.78, 5) is 4.91. The lowest BCUT2D eigenvalue weighted by Crippen LogP contribution is -2.46. The lowest BCUT2D eigenvalue weighted by Gasteiger charge is -2.36. The maximum absolute atomic E-state index is 5.26. The Morgan fingerprint density at radius 3 is 2.65 bits per heavy atom. The first-order chi connectivity index (χ1) is 8.33. The van der Waals surface area contributed by atoms with E-state index < -0.39 is 0 Å². The van der Waals surface area contributed by atoms with Gasteiger partial charge in [0.05, 0.1) is 7.11 Å². The molecule has 0 aromatic heterocycles. The van der Waals surface area contributed by atoms with Gasteiger partial charge in [0, 0.05) is 44.5 Å². The van der Waals surface area contributed by atoms with Crippen LogP contribution >= 0.6 is 0 Å². The molecule has 3 nitrogen and oxygen atoms in total. The number of ether oxygens (including phenoxy) is 1. The second-order valence-corrected chi connectivity index (χ2v) is 4.40. The molecule has 0 aliphatic carbocycles. The van der Waals surface area contributed by atoms with Crippen LogP contribution in [0.2, 0.25) is 0 Å². The lowest BCUT2D eigenvalue weighted by molar-refractivity contribution is 0.276. The van der Waals surface area contributed by atoms with Crippen LogP contribution in [0.25, 0.3) is 0 Å². The fourth-order valence-electron chi connectivity index (χ4n) is 2.25. The number of hydrogen-bond donors (Lipinski definition) is 0. The number of rotatable bonds is 4. The van der Waals surface area contributed by atoms with Crippen LogP contribution < -0.4 is 9.64 Å². The van der Waals surface area contributed by atoms with Gasteiger partial charge in [-0.25, -0.2) is 0 Å². The zero-order valence-corrected chi connectivity index (χ0v) is 10.7. The molecule has 0 amide bonds. The molecule has 0 unspecified atom stereocenters. The number of anilines is 1. The van der Waals surface area contributed by atoms with E-state index in [2.05, 4.69) is 41.3 Å². The molecule has 1 saturated heterocycles. The topological polar surface area (TPSA) is 15.7 Å². The van der Waals surface area contributed by atoms with Gasteiger partial charge in [-0.2, -0.15) is 0 Å². The fraction of sp³-hybridized carbons (Fsp3) is 0.500. The number of piperazine rings is 1. The van der Waals surface area contributed by atoms with Crippen molar-refractivity contribution in [1.29, 1.82) is 0 Å². The van der Waals surface area contributed by atoms with Gasteiger partial charge in [0.2, 0.25) is 0 Å². The van der Waals surface area contributed by atoms with Gasteiger partial charge in [0.1, 0.15) is 5.75 Å². The van der Waals surface area contributed by atoms with Crippen LogP contribution in [0, 0.1) is 6.42 Å². The van der Waals surface area contributed by atoms with E-state index in [9.17, 15) is 0 Å². The summed E-state index contributed by atoms with van der Waals surface area (Å²) in [6.45, 7) is 7.70. The van der Waals surface area contributed by atoms with Crippen molar-refractivity contribution in [2.24, 2.45) is 0 Å². The van der Waals surface area contributed by atoms with Crippen molar-refractivity contribution in [1.82, 2.24) is 4.90 Å². The molecule has 93 valence electrons. The number of hydrogen-bond acceptors (Lipinski definition) is 3. The molecule has 1 heterocycles. The molecule has 17 heavy (non-hydrogen) atoms. The first-order valence-corrected chi connectivity index (χ1v) is 6.22. The van der Waals surface area contributed by atoms with Gasteiger partial charge in [-0.15, -0.1) is 0 Å². The highest BCUT2D eigenvalue weighted by molar-refractivity contribution is 5.51. The van der Waals surface area contributed by atoms with Crippen molar-refractivity contribution in [3.8, 4) is 5.75 Å². The molecule has 0 N–H and O–H groups in total. The van der Waals surface area contributed by atoms with Crippen molar-refractivity contribution < 1.29 is 4.74 Å². The number of benzene rings is 1. The smallest absolute Gasteiger partial charge is 0.120 e. The summed E-state index contributed by atoms with van der Waals surface area (Å²) in [6.07, 6.45) is 2.22. The van der Waals surface area contributed by atoms with Gasteiger partial charge < -0.3 is 9.64 Å². The zero-order valence-electron chi connectivity index (χ0n) is 10.7. The summed E-state index contributed by atoms with van der Waals surface area (Å²) in [5.41, 5.74) is 1.27. The van der Waals surface area contributed by atoms with Crippen LogP contribution in [0.1, 0.15) is 6.92 Å². The third-order valence-corrected chi connectivity index (χ3v) is 3.23. The van der Waals surface area contributed by atoms with Crippen LogP contribution in [0.3, 0.4) is 0 Å². The van der Waals surface area contributed by atoms with Crippen molar-refractivity contribution in [3.63, 3.8) is 0 Å². The molecule has 0 saturated carbocycles. The molecule has 1 fully saturated rings. The molecular formula is C14H21N2O. The summed E-state index contributed by atoms with van der Waals surface area (Å²) < 4.78 is 5.26. The third kappa shape index (κ3) is 3.13. The minimum atomic E-state index is 0.937. The Morgan fingerprint density at radius 2 is 2.00 bits per heavy atom. The summed E-state index contributed by atoms with van der Waals surface area (Å²) in [6, 6.07) is 8.32. The van der Waals surface area contributed by atoms with Crippen LogP contribution in [0.4, 0.5) is 5.69 Å². The lowest BCUT2D eigenvalue weighted by atomic mass is 10.2. The van der Waals surface area contributed by atoms with E-state index in [1.807, 2.05) is 6.07 Å². The Bertz CT molecular complexity index is 346. The number of methoxy groups -OCH3 is 1. The Morgan fingerprint density at radius 1 is 1.24 bits per heavy atom. The fourth-order valence-corrected chi connectivity index (χ4v) is 2.25. The Labute approximate surface area is 104 Å². The molecule has 0 atom stereocenters. The van der Waals surface area contributed by atoms with Crippen LogP contribution in [0.15, 0.2) is 24.3 Å². The monoisotopic (exact) mass is 233 g/mol. The van der Waals surface area contributed by atoms with Crippen molar-refractivity contribution in [3.05, 3.63) is 30.7 Å². The molecule has 2 rings (SSSR count). The van der Waals surface area contributed by atoms with Crippen molar-refractivity contribution in [2.45, 2.75) is 6.92 Å². The van der Waals surface area contributed by atoms with E-state index in [0.717, 1.165) is 38.5 Å². The van der Waals surface area contributed by atoms with Crippen molar-refractivity contribution in [2.75, 3.05) is 44.7 Å². The minimum absolute atomic E-state index is 0.937. The third-order valence-electron chi connectivity index (χ3n) is 3.23. The summed E-state index contributed by atoms with van der Waals surface area (Å²) in [5, 5.41) is 0. The van der Waals surface area contributed by atoms with Gasteiger partial charge >= 0.3 is 0 Å². The standard InChI is InChI=1S/C14H21N2O/c1-3-7-15-8-10-16(11-9-15)13-5-4-6-14(12-13)17-2/h3-6,12H,7-11H2,1-2H3. The van der Waals surface area contributed by atoms with E-state index in [-0.39, 0.29) is 0 Å². The predicted octanol–water partition coefficient (Wildman–Crippen LogP) is 2.04. The Balaban J connectivity index is 1.95. The van der Waals surface area contributed by atoms with Crippen LogP contribution in [-0.2, 0) is 0 Å². The van der Waals surface area contributed by atoms with Gasteiger partial charge in [-0.1, -0.05) is 13.0 Å². The second kappa shape index (κ2) is 5.92. The quantitative estimate of drug-likeness (QED) is 0.791. The van der Waals surface area contributed by atoms with Gasteiger partial charge in [0.25, 0.3) is 0 Å². The summed E-state index contributed by atoms with van der Waals surface area (Å²) in [7, 11) is 1.72. The first-order valence-electron chi connectivity index (χ1n) is 6.22. The SMILES string of the molecule is C[CH]CN1CCN(c2cccc(OC)c2)CC1. The zero-order chi connectivity index (χ0) is 12.1. The van der Waals surface area contributed by atoms with Crippen LogP contribution in [0.5, 0.6) is 5.75 Å². The van der Waals surface area contributed by atoms with Gasteiger partial charge in [0.15, 0.2) is 0 Å². The van der Waals surface area contributed by atoms with E-state index in [1.165, 1.54) is 5.69 Å². The second-order valence-electron chi connectivity index (χ2n) is 4.40. The number of nitrogens with zero attached hydrogens (tertiary/aromatic N) is 2. The van der Waals surface area contributed by atoms with E-state index in [1.54, 1.807) is 7.11 Å². The molecule has 1 aliphatic heterocycles. The molecule has 0 spiro atoms. The normalized spacial score (nSPS) is 17.2. The molecule has 3 heteroatoms. The largest absolute Gasteiger partial charge is 0.497 e. The summed E-state index contributed by atoms with van der Waals surface area (Å²) in [5.74, 6) is 0.937. The highest BCUT2D eigenvalue weighted by Crippen LogP contribution is 2.21. The van der Waals surface area contributed by atoms with Crippen LogP contribution in [-0.4, -0.2) is 44.7 Å². The predicted molar refractivity (Wildman–Crippen MR) is 71.6 cm³/mol. The minimum Gasteiger partial charge on any atom is -0.497 e. The highest BCUT2D eigenvalue weighted by Gasteiger charge is 2.16. The van der Waals surface area contributed by atoms with E-state index >= 15 is 0 Å². The maximum Gasteiger partial charge on any atom is 0.120 e. The molecule has 1 aromatic carbocycles. The van der Waals surface area contributed by atoms with E-state index in [0.29, 0.717) is 0 Å². The highest BCUT2D eigenvalue weighted by atomic mass is 16.5. The Kier molecular flexibility index (Phi) is 4.26. The molecular weight excluding hydrogens is 212 g/mol. The molecule has 1 aromatic rings. The van der Waals surface area contributed by atoms with E-state index in [4.69, 9.17) is 4.74 Å². The van der Waals surface area contributed by atoms with Gasteiger partial charge in [-0.3, -0.25) is 4.90 Å². The Hall–Kier alpha value is -1.22. The molecule has 1 radical (unpaired) electrons.